The van der Waals surface area contributed by atoms with Gasteiger partial charge in [-0.05, 0) is 80.4 Å². The highest BCUT2D eigenvalue weighted by Gasteiger charge is 2.36. The van der Waals surface area contributed by atoms with E-state index in [1.807, 2.05) is 45.9 Å². The van der Waals surface area contributed by atoms with Gasteiger partial charge in [-0.2, -0.15) is 0 Å². The Morgan fingerprint density at radius 1 is 1.12 bits per heavy atom. The summed E-state index contributed by atoms with van der Waals surface area (Å²) in [6.45, 7) is 7.29. The lowest BCUT2D eigenvalue weighted by Crippen LogP contribution is -2.36. The summed E-state index contributed by atoms with van der Waals surface area (Å²) in [4.78, 5) is 38.8. The molecule has 168 valence electrons. The van der Waals surface area contributed by atoms with Crippen LogP contribution in [0.1, 0.15) is 30.5 Å². The first-order chi connectivity index (χ1) is 15.2. The predicted octanol–water partition coefficient (Wildman–Crippen LogP) is 4.77. The van der Waals surface area contributed by atoms with Gasteiger partial charge in [0.15, 0.2) is 11.5 Å². The second-order valence-corrected chi connectivity index (χ2v) is 8.70. The molecule has 1 saturated heterocycles. The zero-order valence-corrected chi connectivity index (χ0v) is 19.5. The van der Waals surface area contributed by atoms with Crippen LogP contribution in [0.5, 0.6) is 11.5 Å². The van der Waals surface area contributed by atoms with Crippen LogP contribution in [-0.4, -0.2) is 41.7 Å². The molecule has 1 aliphatic rings. The van der Waals surface area contributed by atoms with Crippen molar-refractivity contribution in [3.8, 4) is 11.5 Å². The number of ether oxygens (including phenoxy) is 2. The van der Waals surface area contributed by atoms with Crippen LogP contribution in [0.15, 0.2) is 41.3 Å². The second-order valence-electron chi connectivity index (χ2n) is 7.71. The number of carbonyl (C=O) groups is 3. The van der Waals surface area contributed by atoms with E-state index in [-0.39, 0.29) is 17.6 Å². The number of nitrogens with zero attached hydrogens (tertiary/aromatic N) is 1. The second kappa shape index (κ2) is 9.91. The number of thioether (sulfide) groups is 1. The van der Waals surface area contributed by atoms with Crippen molar-refractivity contribution in [2.75, 3.05) is 19.0 Å². The number of carbonyl (C=O) groups excluding carboxylic acids is 3. The van der Waals surface area contributed by atoms with Crippen molar-refractivity contribution in [2.45, 2.75) is 33.8 Å². The minimum absolute atomic E-state index is 0.0130. The lowest BCUT2D eigenvalue weighted by Gasteiger charge is -2.14. The molecule has 3 amide bonds. The largest absolute Gasteiger partial charge is 0.493 e. The lowest BCUT2D eigenvalue weighted by atomic mass is 10.1. The molecule has 0 aromatic heterocycles. The predicted molar refractivity (Wildman–Crippen MR) is 126 cm³/mol. The average molecular weight is 455 g/mol. The van der Waals surface area contributed by atoms with Crippen molar-refractivity contribution in [3.63, 3.8) is 0 Å². The maximum absolute atomic E-state index is 12.8. The number of imide groups is 1. The molecule has 0 spiro atoms. The van der Waals surface area contributed by atoms with Crippen LogP contribution >= 0.6 is 11.8 Å². The van der Waals surface area contributed by atoms with E-state index in [2.05, 4.69) is 5.32 Å². The van der Waals surface area contributed by atoms with Crippen LogP contribution in [-0.2, 0) is 9.59 Å². The number of benzene rings is 2. The number of amides is 3. The molecule has 0 atom stereocenters. The summed E-state index contributed by atoms with van der Waals surface area (Å²) in [7, 11) is 1.54. The summed E-state index contributed by atoms with van der Waals surface area (Å²) in [5.41, 5.74) is 3.24. The van der Waals surface area contributed by atoms with E-state index in [0.717, 1.165) is 27.8 Å². The van der Waals surface area contributed by atoms with Crippen molar-refractivity contribution >= 4 is 40.6 Å². The topological polar surface area (TPSA) is 84.9 Å². The van der Waals surface area contributed by atoms with E-state index in [0.29, 0.717) is 22.7 Å². The van der Waals surface area contributed by atoms with Gasteiger partial charge in [0.1, 0.15) is 6.54 Å². The van der Waals surface area contributed by atoms with Crippen LogP contribution < -0.4 is 14.8 Å². The molecule has 0 bridgehead atoms. The number of hydrogen-bond acceptors (Lipinski definition) is 6. The smallest absolute Gasteiger partial charge is 0.294 e. The quantitative estimate of drug-likeness (QED) is 0.607. The SMILES string of the molecule is COc1cc(/C=C2\SC(=O)N(CC(=O)Nc3cc(C)ccc3C)C2=O)ccc1OC(C)C. The third kappa shape index (κ3) is 5.50. The Hall–Kier alpha value is -3.26. The standard InChI is InChI=1S/C24H26N2O5S/c1-14(2)31-19-9-8-17(11-20(19)30-5)12-21-23(28)26(24(29)32-21)13-22(27)25-18-10-15(3)6-7-16(18)4/h6-12,14H,13H2,1-5H3,(H,25,27)/b21-12-. The van der Waals surface area contributed by atoms with Crippen LogP contribution in [0, 0.1) is 13.8 Å². The molecular formula is C24H26N2O5S. The molecule has 1 heterocycles. The number of aryl methyl sites for hydroxylation is 2. The fraction of sp³-hybridized carbons (Fsp3) is 0.292. The normalized spacial score (nSPS) is 14.9. The van der Waals surface area contributed by atoms with Gasteiger partial charge in [-0.3, -0.25) is 19.3 Å². The Kier molecular flexibility index (Phi) is 7.25. The molecule has 3 rings (SSSR count). The number of hydrogen-bond donors (Lipinski definition) is 1. The Morgan fingerprint density at radius 2 is 1.88 bits per heavy atom. The highest BCUT2D eigenvalue weighted by Crippen LogP contribution is 2.34. The minimum atomic E-state index is -0.502. The minimum Gasteiger partial charge on any atom is -0.493 e. The van der Waals surface area contributed by atoms with Gasteiger partial charge in [-0.25, -0.2) is 0 Å². The number of nitrogens with one attached hydrogen (secondary N) is 1. The van der Waals surface area contributed by atoms with Crippen molar-refractivity contribution in [1.29, 1.82) is 0 Å². The lowest BCUT2D eigenvalue weighted by molar-refractivity contribution is -0.127. The molecule has 2 aromatic rings. The maximum atomic E-state index is 12.8. The van der Waals surface area contributed by atoms with Gasteiger partial charge in [0.05, 0.1) is 18.1 Å². The zero-order valence-electron chi connectivity index (χ0n) is 18.7. The summed E-state index contributed by atoms with van der Waals surface area (Å²) >= 11 is 0.805. The number of rotatable bonds is 7. The van der Waals surface area contributed by atoms with E-state index in [9.17, 15) is 14.4 Å². The Bertz CT molecular complexity index is 1090. The van der Waals surface area contributed by atoms with E-state index in [4.69, 9.17) is 9.47 Å². The van der Waals surface area contributed by atoms with Crippen LogP contribution in [0.25, 0.3) is 6.08 Å². The molecule has 0 aliphatic carbocycles. The third-order valence-corrected chi connectivity index (χ3v) is 5.60. The van der Waals surface area contributed by atoms with Crippen LogP contribution in [0.2, 0.25) is 0 Å². The summed E-state index contributed by atoms with van der Waals surface area (Å²) < 4.78 is 11.1. The van der Waals surface area contributed by atoms with Crippen molar-refractivity contribution < 1.29 is 23.9 Å². The first-order valence-electron chi connectivity index (χ1n) is 10.1. The Labute approximate surface area is 191 Å². The van der Waals surface area contributed by atoms with Gasteiger partial charge < -0.3 is 14.8 Å². The molecule has 0 radical (unpaired) electrons. The summed E-state index contributed by atoms with van der Waals surface area (Å²) in [5.74, 6) is 0.187. The molecule has 2 aromatic carbocycles. The Morgan fingerprint density at radius 3 is 2.56 bits per heavy atom. The van der Waals surface area contributed by atoms with Gasteiger partial charge in [-0.1, -0.05) is 18.2 Å². The van der Waals surface area contributed by atoms with Crippen molar-refractivity contribution in [3.05, 3.63) is 58.0 Å². The van der Waals surface area contributed by atoms with E-state index in [1.54, 1.807) is 24.3 Å². The highest BCUT2D eigenvalue weighted by molar-refractivity contribution is 8.18. The number of anilines is 1. The van der Waals surface area contributed by atoms with Gasteiger partial charge in [0.2, 0.25) is 5.91 Å². The van der Waals surface area contributed by atoms with E-state index in [1.165, 1.54) is 7.11 Å². The molecule has 1 N–H and O–H groups in total. The number of methoxy groups -OCH3 is 1. The summed E-state index contributed by atoms with van der Waals surface area (Å²) in [6.07, 6.45) is 1.59. The van der Waals surface area contributed by atoms with Crippen molar-refractivity contribution in [1.82, 2.24) is 4.90 Å². The molecular weight excluding hydrogens is 428 g/mol. The van der Waals surface area contributed by atoms with Crippen molar-refractivity contribution in [2.24, 2.45) is 0 Å². The molecule has 0 saturated carbocycles. The molecule has 7 nitrogen and oxygen atoms in total. The Balaban J connectivity index is 1.73. The van der Waals surface area contributed by atoms with Gasteiger partial charge >= 0.3 is 0 Å². The average Bonchev–Trinajstić information content (AvgIpc) is 2.98. The maximum Gasteiger partial charge on any atom is 0.294 e. The summed E-state index contributed by atoms with van der Waals surface area (Å²) in [6, 6.07) is 11.0. The molecule has 32 heavy (non-hydrogen) atoms. The van der Waals surface area contributed by atoms with Gasteiger partial charge in [0, 0.05) is 5.69 Å². The molecule has 1 fully saturated rings. The van der Waals surface area contributed by atoms with E-state index < -0.39 is 17.1 Å². The first kappa shape index (κ1) is 23.4. The summed E-state index contributed by atoms with van der Waals surface area (Å²) in [5, 5.41) is 2.29. The van der Waals surface area contributed by atoms with Crippen LogP contribution in [0.3, 0.4) is 0 Å². The van der Waals surface area contributed by atoms with Gasteiger partial charge in [-0.15, -0.1) is 0 Å². The fourth-order valence-electron chi connectivity index (χ4n) is 3.12. The van der Waals surface area contributed by atoms with Gasteiger partial charge in [0.25, 0.3) is 11.1 Å². The molecule has 1 aliphatic heterocycles. The third-order valence-electron chi connectivity index (χ3n) is 4.69. The molecule has 8 heteroatoms. The highest BCUT2D eigenvalue weighted by atomic mass is 32.2. The van der Waals surface area contributed by atoms with E-state index >= 15 is 0 Å². The zero-order chi connectivity index (χ0) is 23.4. The first-order valence-corrected chi connectivity index (χ1v) is 11.0. The fourth-order valence-corrected chi connectivity index (χ4v) is 3.96. The molecule has 0 unspecified atom stereocenters. The van der Waals surface area contributed by atoms with Crippen LogP contribution in [0.4, 0.5) is 10.5 Å². The monoisotopic (exact) mass is 454 g/mol.